The maximum atomic E-state index is 13.1. The quantitative estimate of drug-likeness (QED) is 0.879. The van der Waals surface area contributed by atoms with Gasteiger partial charge in [-0.25, -0.2) is 8.78 Å². The number of halogens is 2. The van der Waals surface area contributed by atoms with Crippen LogP contribution in [-0.4, -0.2) is 23.0 Å². The molecule has 122 valence electrons. The van der Waals surface area contributed by atoms with Crippen molar-refractivity contribution in [3.8, 4) is 5.75 Å². The van der Waals surface area contributed by atoms with Crippen LogP contribution < -0.4 is 10.1 Å². The van der Waals surface area contributed by atoms with Crippen molar-refractivity contribution in [3.05, 3.63) is 59.7 Å². The average molecular weight is 339 g/mol. The minimum absolute atomic E-state index is 0.0450. The number of methoxy groups -OCH3 is 1. The lowest BCUT2D eigenvalue weighted by atomic mass is 10.2. The summed E-state index contributed by atoms with van der Waals surface area (Å²) in [7, 11) is -0.124. The molecule has 0 bridgehead atoms. The number of nitrogens with one attached hydrogen (secondary N) is 1. The molecule has 1 N–H and O–H groups in total. The molecule has 2 aromatic rings. The monoisotopic (exact) mass is 339 g/mol. The van der Waals surface area contributed by atoms with E-state index in [1.54, 1.807) is 24.3 Å². The van der Waals surface area contributed by atoms with Crippen molar-refractivity contribution in [2.45, 2.75) is 11.4 Å². The number of para-hydroxylation sites is 1. The van der Waals surface area contributed by atoms with Gasteiger partial charge < -0.3 is 10.1 Å². The third-order valence-electron chi connectivity index (χ3n) is 2.99. The van der Waals surface area contributed by atoms with Crippen molar-refractivity contribution in [3.63, 3.8) is 0 Å². The molecule has 0 radical (unpaired) electrons. The topological polar surface area (TPSA) is 55.4 Å². The molecule has 0 aromatic heterocycles. The molecule has 0 aliphatic heterocycles. The van der Waals surface area contributed by atoms with Crippen LogP contribution in [0.3, 0.4) is 0 Å². The Morgan fingerprint density at radius 3 is 2.48 bits per heavy atom. The molecule has 2 aromatic carbocycles. The molecule has 7 heteroatoms. The largest absolute Gasteiger partial charge is 0.495 e. The van der Waals surface area contributed by atoms with Gasteiger partial charge in [-0.3, -0.25) is 9.00 Å². The highest BCUT2D eigenvalue weighted by molar-refractivity contribution is 7.85. The van der Waals surface area contributed by atoms with Gasteiger partial charge in [0.2, 0.25) is 5.91 Å². The van der Waals surface area contributed by atoms with Crippen molar-refractivity contribution >= 4 is 16.7 Å². The smallest absolute Gasteiger partial charge is 0.233 e. The highest BCUT2D eigenvalue weighted by atomic mass is 32.2. The third kappa shape index (κ3) is 4.85. The summed E-state index contributed by atoms with van der Waals surface area (Å²) in [5.41, 5.74) is 0.291. The lowest BCUT2D eigenvalue weighted by Gasteiger charge is -2.09. The Labute approximate surface area is 134 Å². The molecular weight excluding hydrogens is 324 g/mol. The number of carbonyl (C=O) groups is 1. The van der Waals surface area contributed by atoms with E-state index in [1.807, 2.05) is 0 Å². The zero-order valence-corrected chi connectivity index (χ0v) is 13.2. The van der Waals surface area contributed by atoms with E-state index in [0.717, 1.165) is 18.2 Å². The van der Waals surface area contributed by atoms with E-state index < -0.39 is 28.3 Å². The van der Waals surface area contributed by atoms with Gasteiger partial charge in [0.25, 0.3) is 0 Å². The fraction of sp³-hybridized carbons (Fsp3) is 0.188. The van der Waals surface area contributed by atoms with Gasteiger partial charge in [0.15, 0.2) is 0 Å². The molecule has 0 saturated heterocycles. The molecule has 2 rings (SSSR count). The zero-order chi connectivity index (χ0) is 16.8. The van der Waals surface area contributed by atoms with Gasteiger partial charge in [0, 0.05) is 12.6 Å². The second-order valence-electron chi connectivity index (χ2n) is 4.70. The van der Waals surface area contributed by atoms with Gasteiger partial charge in [-0.1, -0.05) is 12.1 Å². The number of carbonyl (C=O) groups excluding carboxylic acids is 1. The van der Waals surface area contributed by atoms with E-state index in [0.29, 0.717) is 16.2 Å². The Hall–Kier alpha value is -2.28. The highest BCUT2D eigenvalue weighted by Gasteiger charge is 2.14. The minimum Gasteiger partial charge on any atom is -0.495 e. The maximum Gasteiger partial charge on any atom is 0.233 e. The molecular formula is C16H15F2NO3S. The first-order valence-corrected chi connectivity index (χ1v) is 8.04. The lowest BCUT2D eigenvalue weighted by molar-refractivity contribution is -0.118. The van der Waals surface area contributed by atoms with Crippen LogP contribution in [-0.2, 0) is 22.1 Å². The molecule has 23 heavy (non-hydrogen) atoms. The fourth-order valence-corrected chi connectivity index (χ4v) is 3.07. The molecule has 0 aliphatic rings. The molecule has 1 amide bonds. The second-order valence-corrected chi connectivity index (χ2v) is 6.11. The van der Waals surface area contributed by atoms with Crippen molar-refractivity contribution in [2.24, 2.45) is 0 Å². The number of benzene rings is 2. The van der Waals surface area contributed by atoms with Crippen molar-refractivity contribution in [1.29, 1.82) is 0 Å². The molecule has 0 heterocycles. The van der Waals surface area contributed by atoms with E-state index in [2.05, 4.69) is 5.32 Å². The third-order valence-corrected chi connectivity index (χ3v) is 4.34. The summed E-state index contributed by atoms with van der Waals surface area (Å²) in [6.45, 7) is -0.0450. The summed E-state index contributed by atoms with van der Waals surface area (Å²) in [4.78, 5) is 12.3. The summed E-state index contributed by atoms with van der Waals surface area (Å²) < 4.78 is 43.4. The van der Waals surface area contributed by atoms with E-state index in [-0.39, 0.29) is 12.3 Å². The minimum atomic E-state index is -1.58. The first-order chi connectivity index (χ1) is 11.0. The molecule has 1 atom stereocenters. The Morgan fingerprint density at radius 1 is 1.17 bits per heavy atom. The predicted octanol–water partition coefficient (Wildman–Crippen LogP) is 2.40. The SMILES string of the molecule is COc1ccccc1[S@@](=O)CC(=O)NCc1cc(F)cc(F)c1. The molecule has 0 fully saturated rings. The maximum absolute atomic E-state index is 13.1. The Balaban J connectivity index is 1.95. The van der Waals surface area contributed by atoms with Gasteiger partial charge in [-0.15, -0.1) is 0 Å². The number of hydrogen-bond donors (Lipinski definition) is 1. The standard InChI is InChI=1S/C16H15F2NO3S/c1-22-14-4-2-3-5-15(14)23(21)10-16(20)19-9-11-6-12(17)8-13(18)7-11/h2-8H,9-10H2,1H3,(H,19,20)/t23-/m0/s1. The van der Waals surface area contributed by atoms with Crippen LogP contribution in [0.1, 0.15) is 5.56 Å². The highest BCUT2D eigenvalue weighted by Crippen LogP contribution is 2.21. The van der Waals surface area contributed by atoms with E-state index in [4.69, 9.17) is 4.74 Å². The molecule has 0 aliphatic carbocycles. The Morgan fingerprint density at radius 2 is 1.83 bits per heavy atom. The van der Waals surface area contributed by atoms with E-state index in [1.165, 1.54) is 7.11 Å². The Bertz CT molecular complexity index is 717. The van der Waals surface area contributed by atoms with Crippen molar-refractivity contribution < 1.29 is 22.5 Å². The van der Waals surface area contributed by atoms with Crippen molar-refractivity contribution in [2.75, 3.05) is 12.9 Å². The number of rotatable bonds is 6. The zero-order valence-electron chi connectivity index (χ0n) is 12.3. The number of amides is 1. The van der Waals surface area contributed by atoms with Gasteiger partial charge in [0.1, 0.15) is 23.1 Å². The average Bonchev–Trinajstić information content (AvgIpc) is 2.52. The van der Waals surface area contributed by atoms with Gasteiger partial charge >= 0.3 is 0 Å². The predicted molar refractivity (Wildman–Crippen MR) is 82.5 cm³/mol. The van der Waals surface area contributed by atoms with Crippen LogP contribution in [0, 0.1) is 11.6 Å². The van der Waals surface area contributed by atoms with Crippen LogP contribution in [0.4, 0.5) is 8.78 Å². The fourth-order valence-electron chi connectivity index (χ4n) is 1.97. The van der Waals surface area contributed by atoms with Crippen LogP contribution in [0.5, 0.6) is 5.75 Å². The van der Waals surface area contributed by atoms with Gasteiger partial charge in [-0.2, -0.15) is 0 Å². The summed E-state index contributed by atoms with van der Waals surface area (Å²) in [6.07, 6.45) is 0. The normalized spacial score (nSPS) is 11.8. The summed E-state index contributed by atoms with van der Waals surface area (Å²) in [6, 6.07) is 9.70. The van der Waals surface area contributed by atoms with E-state index >= 15 is 0 Å². The summed E-state index contributed by atoms with van der Waals surface area (Å²) in [5, 5.41) is 2.49. The number of ether oxygens (including phenoxy) is 1. The van der Waals surface area contributed by atoms with Crippen LogP contribution >= 0.6 is 0 Å². The van der Waals surface area contributed by atoms with E-state index in [9.17, 15) is 17.8 Å². The first-order valence-electron chi connectivity index (χ1n) is 6.72. The Kier molecular flexibility index (Phi) is 5.81. The molecule has 4 nitrogen and oxygen atoms in total. The van der Waals surface area contributed by atoms with Crippen LogP contribution in [0.2, 0.25) is 0 Å². The molecule has 0 unspecified atom stereocenters. The first kappa shape index (κ1) is 17.1. The summed E-state index contributed by atoms with van der Waals surface area (Å²) >= 11 is 0. The van der Waals surface area contributed by atoms with Gasteiger partial charge in [-0.05, 0) is 29.8 Å². The lowest BCUT2D eigenvalue weighted by Crippen LogP contribution is -2.28. The van der Waals surface area contributed by atoms with Crippen molar-refractivity contribution in [1.82, 2.24) is 5.32 Å². The van der Waals surface area contributed by atoms with Crippen LogP contribution in [0.25, 0.3) is 0 Å². The second kappa shape index (κ2) is 7.82. The summed E-state index contributed by atoms with van der Waals surface area (Å²) in [5.74, 6) is -1.75. The van der Waals surface area contributed by atoms with Gasteiger partial charge in [0.05, 0.1) is 22.8 Å². The molecule has 0 saturated carbocycles. The number of hydrogen-bond acceptors (Lipinski definition) is 3. The van der Waals surface area contributed by atoms with Crippen LogP contribution in [0.15, 0.2) is 47.4 Å². The molecule has 0 spiro atoms.